The second-order valence-electron chi connectivity index (χ2n) is 11.7. The van der Waals surface area contributed by atoms with E-state index >= 15 is 0 Å². The molecule has 1 aromatic rings. The Morgan fingerprint density at radius 1 is 0.867 bits per heavy atom. The number of ketones is 1. The molecule has 0 heterocycles. The average Bonchev–Trinajstić information content (AvgIpc) is 2.93. The van der Waals surface area contributed by atoms with Crippen molar-refractivity contribution in [3.05, 3.63) is 35.4 Å². The van der Waals surface area contributed by atoms with Gasteiger partial charge in [-0.25, -0.2) is 0 Å². The standard InChI is InChI=1S/C30H41N4O11/c1-17-8-6-7-9-18(17)14-21(26(43)30(16-35,29(2,3)4)34(5)22(36)11-13-24(39)40)33-28(45)20(10-12-23(37)38)32-27(44)19(31)15-25(41)42/h6-9,19-21H,10-15,31H2,1-5H3,(H,32,44)(H,33,45)(H,37,38)(H,39,40)(H,41,42)/t19-,20-,21-,30-/m0/s1. The number of hydrogen-bond donors (Lipinski definition) is 6. The zero-order valence-corrected chi connectivity index (χ0v) is 25.9. The first-order chi connectivity index (χ1) is 20.8. The molecule has 0 unspecified atom stereocenters. The molecule has 15 heteroatoms. The first-order valence-electron chi connectivity index (χ1n) is 14.0. The van der Waals surface area contributed by atoms with Crippen LogP contribution in [0.5, 0.6) is 0 Å². The smallest absolute Gasteiger partial charge is 0.305 e. The van der Waals surface area contributed by atoms with E-state index in [1.807, 2.05) is 0 Å². The predicted molar refractivity (Wildman–Crippen MR) is 158 cm³/mol. The third kappa shape index (κ3) is 10.5. The summed E-state index contributed by atoms with van der Waals surface area (Å²) in [5.74, 6) is -7.89. The van der Waals surface area contributed by atoms with Gasteiger partial charge in [0.15, 0.2) is 11.3 Å². The number of rotatable bonds is 18. The number of hydrogen-bond acceptors (Lipinski definition) is 9. The molecule has 4 atom stereocenters. The van der Waals surface area contributed by atoms with Gasteiger partial charge in [-0.3, -0.25) is 38.4 Å². The fraction of sp³-hybridized carbons (Fsp3) is 0.533. The Balaban J connectivity index is 3.67. The van der Waals surface area contributed by atoms with Crippen LogP contribution in [0.1, 0.15) is 64.0 Å². The number of Topliss-reactive ketones (excluding diaryl/α,β-unsaturated/α-hetero) is 1. The molecule has 247 valence electrons. The molecule has 0 aliphatic heterocycles. The number of amides is 3. The number of carbonyl (C=O) groups is 7. The van der Waals surface area contributed by atoms with Crippen molar-refractivity contribution in [1.82, 2.24) is 15.5 Å². The van der Waals surface area contributed by atoms with Gasteiger partial charge < -0.3 is 36.6 Å². The molecule has 45 heavy (non-hydrogen) atoms. The summed E-state index contributed by atoms with van der Waals surface area (Å²) in [5.41, 5.74) is 3.21. The first kappa shape index (κ1) is 38.4. The van der Waals surface area contributed by atoms with E-state index in [0.29, 0.717) is 11.1 Å². The lowest BCUT2D eigenvalue weighted by Crippen LogP contribution is -2.69. The van der Waals surface area contributed by atoms with Crippen LogP contribution in [-0.2, 0) is 44.8 Å². The molecule has 0 saturated carbocycles. The number of carbonyl (C=O) groups excluding carboxylic acids is 5. The predicted octanol–water partition coefficient (Wildman–Crippen LogP) is -0.0392. The maximum Gasteiger partial charge on any atom is 0.305 e. The molecular formula is C30H41N4O11. The minimum atomic E-state index is -2.34. The van der Waals surface area contributed by atoms with Gasteiger partial charge in [0.1, 0.15) is 6.04 Å². The largest absolute Gasteiger partial charge is 0.481 e. The Bertz CT molecular complexity index is 1310. The number of nitrogens with two attached hydrogens (primary N) is 1. The van der Waals surface area contributed by atoms with Crippen LogP contribution in [0.25, 0.3) is 0 Å². The third-order valence-corrected chi connectivity index (χ3v) is 7.35. The Kier molecular flexibility index (Phi) is 14.0. The van der Waals surface area contributed by atoms with Crippen molar-refractivity contribution in [2.75, 3.05) is 7.05 Å². The van der Waals surface area contributed by atoms with E-state index in [2.05, 4.69) is 10.6 Å². The lowest BCUT2D eigenvalue weighted by molar-refractivity contribution is -0.149. The number of carboxylic acids is 3. The maximum atomic E-state index is 14.5. The zero-order chi connectivity index (χ0) is 34.7. The molecule has 15 nitrogen and oxygen atoms in total. The van der Waals surface area contributed by atoms with Gasteiger partial charge in [0.05, 0.1) is 24.9 Å². The summed E-state index contributed by atoms with van der Waals surface area (Å²) in [6.45, 7) is 6.21. The van der Waals surface area contributed by atoms with Crippen molar-refractivity contribution in [3.8, 4) is 0 Å². The molecule has 0 aliphatic rings. The van der Waals surface area contributed by atoms with Crippen LogP contribution < -0.4 is 16.4 Å². The quantitative estimate of drug-likeness (QED) is 0.117. The summed E-state index contributed by atoms with van der Waals surface area (Å²) in [7, 11) is 1.16. The average molecular weight is 634 g/mol. The van der Waals surface area contributed by atoms with Crippen LogP contribution in [0.2, 0.25) is 0 Å². The number of benzene rings is 1. The molecule has 1 rings (SSSR count). The van der Waals surface area contributed by atoms with Gasteiger partial charge in [0.25, 0.3) is 0 Å². The number of aliphatic carboxylic acids is 3. The number of likely N-dealkylation sites (N-methyl/N-ethyl adjacent to an activating group) is 1. The summed E-state index contributed by atoms with van der Waals surface area (Å²) in [5, 5.41) is 31.9. The highest BCUT2D eigenvalue weighted by atomic mass is 16.4. The number of nitrogens with one attached hydrogen (secondary N) is 2. The lowest BCUT2D eigenvalue weighted by Gasteiger charge is -2.46. The highest BCUT2D eigenvalue weighted by molar-refractivity contribution is 6.10. The molecule has 1 radical (unpaired) electrons. The van der Waals surface area contributed by atoms with Crippen molar-refractivity contribution >= 4 is 47.7 Å². The highest BCUT2D eigenvalue weighted by Gasteiger charge is 2.56. The van der Waals surface area contributed by atoms with Gasteiger partial charge in [-0.1, -0.05) is 45.0 Å². The molecule has 0 saturated heterocycles. The van der Waals surface area contributed by atoms with E-state index in [1.165, 1.54) is 20.8 Å². The number of nitrogens with zero attached hydrogens (tertiary/aromatic N) is 1. The Labute approximate surface area is 260 Å². The summed E-state index contributed by atoms with van der Waals surface area (Å²) in [4.78, 5) is 101. The number of carboxylic acid groups (broad SMARTS) is 3. The topological polar surface area (TPSA) is 251 Å². The van der Waals surface area contributed by atoms with Crippen molar-refractivity contribution in [2.24, 2.45) is 11.1 Å². The maximum absolute atomic E-state index is 14.5. The molecule has 0 bridgehead atoms. The molecule has 0 aromatic heterocycles. The van der Waals surface area contributed by atoms with Crippen LogP contribution in [0, 0.1) is 12.3 Å². The van der Waals surface area contributed by atoms with E-state index in [1.54, 1.807) is 37.5 Å². The zero-order valence-electron chi connectivity index (χ0n) is 25.9. The fourth-order valence-corrected chi connectivity index (χ4v) is 4.77. The van der Waals surface area contributed by atoms with Gasteiger partial charge in [-0.15, -0.1) is 0 Å². The van der Waals surface area contributed by atoms with Crippen molar-refractivity contribution in [1.29, 1.82) is 0 Å². The van der Waals surface area contributed by atoms with Gasteiger partial charge in [-0.2, -0.15) is 0 Å². The second kappa shape index (κ2) is 16.4. The molecular weight excluding hydrogens is 592 g/mol. The highest BCUT2D eigenvalue weighted by Crippen LogP contribution is 2.36. The molecule has 3 amide bonds. The van der Waals surface area contributed by atoms with Crippen molar-refractivity contribution in [3.63, 3.8) is 0 Å². The SMILES string of the molecule is Cc1ccccc1C[C@H](NC(=O)[C@H](CCC(=O)O)NC(=O)[C@@H](N)CC(=O)O)C(=O)[C@]([C]=O)(N(C)C(=O)CCC(=O)O)C(C)(C)C. The summed E-state index contributed by atoms with van der Waals surface area (Å²) >= 11 is 0. The molecule has 7 N–H and O–H groups in total. The normalized spacial score (nSPS) is 14.5. The van der Waals surface area contributed by atoms with Gasteiger partial charge >= 0.3 is 17.9 Å². The molecule has 0 aliphatic carbocycles. The Morgan fingerprint density at radius 3 is 1.91 bits per heavy atom. The van der Waals surface area contributed by atoms with E-state index < -0.39 is 103 Å². The fourth-order valence-electron chi connectivity index (χ4n) is 4.77. The van der Waals surface area contributed by atoms with Gasteiger partial charge in [0, 0.05) is 31.7 Å². The molecule has 0 fully saturated rings. The van der Waals surface area contributed by atoms with Crippen molar-refractivity contribution in [2.45, 2.75) is 89.9 Å². The number of aryl methyl sites for hydroxylation is 1. The van der Waals surface area contributed by atoms with E-state index in [0.717, 1.165) is 11.9 Å². The van der Waals surface area contributed by atoms with Gasteiger partial charge in [0.2, 0.25) is 24.0 Å². The van der Waals surface area contributed by atoms with Crippen molar-refractivity contribution < 1.29 is 53.7 Å². The van der Waals surface area contributed by atoms with Gasteiger partial charge in [-0.05, 0) is 24.5 Å². The second-order valence-corrected chi connectivity index (χ2v) is 11.7. The van der Waals surface area contributed by atoms with Crippen LogP contribution >= 0.6 is 0 Å². The summed E-state index contributed by atoms with van der Waals surface area (Å²) < 4.78 is 0. The monoisotopic (exact) mass is 633 g/mol. The first-order valence-corrected chi connectivity index (χ1v) is 14.0. The minimum Gasteiger partial charge on any atom is -0.481 e. The van der Waals surface area contributed by atoms with E-state index in [9.17, 15) is 43.5 Å². The lowest BCUT2D eigenvalue weighted by atomic mass is 9.68. The molecule has 1 aromatic carbocycles. The Morgan fingerprint density at radius 2 is 1.42 bits per heavy atom. The van der Waals surface area contributed by atoms with E-state index in [4.69, 9.17) is 15.9 Å². The van der Waals surface area contributed by atoms with Crippen LogP contribution in [0.3, 0.4) is 0 Å². The van der Waals surface area contributed by atoms with Crippen LogP contribution in [-0.4, -0.2) is 98.6 Å². The van der Waals surface area contributed by atoms with E-state index in [-0.39, 0.29) is 6.42 Å². The molecule has 0 spiro atoms. The van der Waals surface area contributed by atoms with Crippen LogP contribution in [0.15, 0.2) is 24.3 Å². The Hall–Kier alpha value is -4.66. The summed E-state index contributed by atoms with van der Waals surface area (Å²) in [6, 6.07) is 2.11. The minimum absolute atomic E-state index is 0.202. The third-order valence-electron chi connectivity index (χ3n) is 7.35. The van der Waals surface area contributed by atoms with Crippen LogP contribution in [0.4, 0.5) is 0 Å². The summed E-state index contributed by atoms with van der Waals surface area (Å²) in [6.07, 6.45) is -1.45.